The smallest absolute Gasteiger partial charge is 0.313 e. The quantitative estimate of drug-likeness (QED) is 0.863. The zero-order chi connectivity index (χ0) is 16.2. The van der Waals surface area contributed by atoms with Gasteiger partial charge in [-0.2, -0.15) is 0 Å². The number of benzene rings is 2. The molecule has 5 nitrogen and oxygen atoms in total. The zero-order valence-electron chi connectivity index (χ0n) is 13.3. The highest BCUT2D eigenvalue weighted by atomic mass is 16.2. The number of fused-ring (bicyclic) bond motifs is 1. The van der Waals surface area contributed by atoms with E-state index in [9.17, 15) is 9.59 Å². The molecule has 1 heterocycles. The van der Waals surface area contributed by atoms with Crippen molar-refractivity contribution in [1.29, 1.82) is 0 Å². The largest absolute Gasteiger partial charge is 0.332 e. The van der Waals surface area contributed by atoms with E-state index in [4.69, 9.17) is 0 Å². The summed E-state index contributed by atoms with van der Waals surface area (Å²) in [6, 6.07) is 13.6. The first-order valence-electron chi connectivity index (χ1n) is 7.99. The maximum Gasteiger partial charge on any atom is 0.313 e. The average molecular weight is 311 g/mol. The van der Waals surface area contributed by atoms with Crippen LogP contribution >= 0.6 is 0 Å². The van der Waals surface area contributed by atoms with Crippen LogP contribution in [0.2, 0.25) is 0 Å². The summed E-state index contributed by atoms with van der Waals surface area (Å²) < 4.78 is 0. The molecule has 1 aliphatic rings. The number of carbonyl (C=O) groups excluding carboxylic acids is 2. The predicted molar refractivity (Wildman–Crippen MR) is 91.3 cm³/mol. The number of piperazine rings is 1. The lowest BCUT2D eigenvalue weighted by molar-refractivity contribution is -0.144. The van der Waals surface area contributed by atoms with E-state index >= 15 is 0 Å². The molecule has 0 spiro atoms. The van der Waals surface area contributed by atoms with Crippen LogP contribution in [0.4, 0.5) is 5.69 Å². The van der Waals surface area contributed by atoms with E-state index in [0.717, 1.165) is 30.4 Å². The van der Waals surface area contributed by atoms with Crippen molar-refractivity contribution < 1.29 is 9.59 Å². The van der Waals surface area contributed by atoms with Gasteiger partial charge in [0, 0.05) is 31.9 Å². The monoisotopic (exact) mass is 311 g/mol. The summed E-state index contributed by atoms with van der Waals surface area (Å²) in [6.07, 6.45) is 0. The number of hydrogen-bond donors (Lipinski definition) is 1. The number of amides is 2. The van der Waals surface area contributed by atoms with Gasteiger partial charge < -0.3 is 15.1 Å². The molecule has 2 aromatic rings. The third-order valence-corrected chi connectivity index (χ3v) is 4.31. The summed E-state index contributed by atoms with van der Waals surface area (Å²) in [5.74, 6) is -1.01. The molecule has 23 heavy (non-hydrogen) atoms. The Balaban J connectivity index is 1.64. The molecule has 5 heteroatoms. The molecule has 1 aliphatic heterocycles. The Bertz CT molecular complexity index is 721. The summed E-state index contributed by atoms with van der Waals surface area (Å²) in [6.45, 7) is 5.95. The Morgan fingerprint density at radius 1 is 1.00 bits per heavy atom. The molecule has 1 N–H and O–H groups in total. The second-order valence-electron chi connectivity index (χ2n) is 5.74. The minimum Gasteiger partial charge on any atom is -0.332 e. The molecule has 3 rings (SSSR count). The number of carbonyl (C=O) groups is 2. The molecule has 2 amide bonds. The van der Waals surface area contributed by atoms with Crippen LogP contribution in [0.1, 0.15) is 6.92 Å². The van der Waals surface area contributed by atoms with Gasteiger partial charge >= 0.3 is 11.8 Å². The molecule has 0 saturated carbocycles. The van der Waals surface area contributed by atoms with Crippen molar-refractivity contribution in [2.45, 2.75) is 6.92 Å². The lowest BCUT2D eigenvalue weighted by atomic mass is 10.1. The van der Waals surface area contributed by atoms with Crippen LogP contribution < -0.4 is 5.32 Å². The molecule has 0 aliphatic carbocycles. The molecule has 0 unspecified atom stereocenters. The van der Waals surface area contributed by atoms with Crippen LogP contribution in [0.3, 0.4) is 0 Å². The molecule has 2 aromatic carbocycles. The number of rotatable bonds is 2. The number of likely N-dealkylation sites (N-methyl/N-ethyl adjacent to an activating group) is 1. The highest BCUT2D eigenvalue weighted by molar-refractivity contribution is 6.39. The highest BCUT2D eigenvalue weighted by Gasteiger charge is 2.25. The van der Waals surface area contributed by atoms with Gasteiger partial charge in [0.2, 0.25) is 0 Å². The van der Waals surface area contributed by atoms with Gasteiger partial charge in [0.1, 0.15) is 0 Å². The molecule has 0 radical (unpaired) electrons. The Kier molecular flexibility index (Phi) is 4.57. The van der Waals surface area contributed by atoms with Crippen LogP contribution in [0.5, 0.6) is 0 Å². The van der Waals surface area contributed by atoms with Crippen LogP contribution in [-0.2, 0) is 9.59 Å². The first kappa shape index (κ1) is 15.5. The average Bonchev–Trinajstić information content (AvgIpc) is 2.61. The second-order valence-corrected chi connectivity index (χ2v) is 5.74. The predicted octanol–water partition coefficient (Wildman–Crippen LogP) is 1.94. The number of nitrogens with zero attached hydrogens (tertiary/aromatic N) is 2. The van der Waals surface area contributed by atoms with Crippen molar-refractivity contribution in [3.8, 4) is 0 Å². The minimum absolute atomic E-state index is 0.450. The third-order valence-electron chi connectivity index (χ3n) is 4.31. The van der Waals surface area contributed by atoms with Gasteiger partial charge in [-0.05, 0) is 29.4 Å². The molecule has 120 valence electrons. The fourth-order valence-electron chi connectivity index (χ4n) is 2.86. The molecular weight excluding hydrogens is 290 g/mol. The Morgan fingerprint density at radius 3 is 2.39 bits per heavy atom. The number of hydrogen-bond acceptors (Lipinski definition) is 3. The van der Waals surface area contributed by atoms with Crippen molar-refractivity contribution in [2.24, 2.45) is 0 Å². The number of nitrogens with one attached hydrogen (secondary N) is 1. The topological polar surface area (TPSA) is 52.7 Å². The normalized spacial score (nSPS) is 15.6. The Morgan fingerprint density at radius 2 is 1.70 bits per heavy atom. The van der Waals surface area contributed by atoms with Crippen molar-refractivity contribution >= 4 is 28.3 Å². The van der Waals surface area contributed by atoms with Crippen LogP contribution in [0.25, 0.3) is 10.8 Å². The summed E-state index contributed by atoms with van der Waals surface area (Å²) >= 11 is 0. The van der Waals surface area contributed by atoms with Crippen molar-refractivity contribution in [2.75, 3.05) is 38.0 Å². The van der Waals surface area contributed by atoms with E-state index < -0.39 is 11.8 Å². The third kappa shape index (κ3) is 3.51. The van der Waals surface area contributed by atoms with Gasteiger partial charge in [0.05, 0.1) is 0 Å². The van der Waals surface area contributed by atoms with E-state index in [2.05, 4.69) is 17.1 Å². The van der Waals surface area contributed by atoms with Gasteiger partial charge in [-0.1, -0.05) is 37.3 Å². The summed E-state index contributed by atoms with van der Waals surface area (Å²) in [4.78, 5) is 28.3. The molecule has 0 aromatic heterocycles. The van der Waals surface area contributed by atoms with E-state index in [-0.39, 0.29) is 0 Å². The van der Waals surface area contributed by atoms with Gasteiger partial charge in [-0.25, -0.2) is 0 Å². The standard InChI is InChI=1S/C18H21N3O2/c1-2-20-9-11-21(12-10-20)18(23)17(22)19-16-8-7-14-5-3-4-6-15(14)13-16/h3-8,13H,2,9-12H2,1H3,(H,19,22). The first-order chi connectivity index (χ1) is 11.2. The SMILES string of the molecule is CCN1CCN(C(=O)C(=O)Nc2ccc3ccccc3c2)CC1. The maximum atomic E-state index is 12.3. The Labute approximate surface area is 135 Å². The van der Waals surface area contributed by atoms with Crippen molar-refractivity contribution in [3.63, 3.8) is 0 Å². The summed E-state index contributed by atoms with van der Waals surface area (Å²) in [5, 5.41) is 4.85. The summed E-state index contributed by atoms with van der Waals surface area (Å²) in [5.41, 5.74) is 0.647. The Hall–Kier alpha value is -2.40. The molecule has 0 atom stereocenters. The molecular formula is C18H21N3O2. The maximum absolute atomic E-state index is 12.3. The van der Waals surface area contributed by atoms with Crippen molar-refractivity contribution in [3.05, 3.63) is 42.5 Å². The van der Waals surface area contributed by atoms with Crippen molar-refractivity contribution in [1.82, 2.24) is 9.80 Å². The second kappa shape index (κ2) is 6.79. The molecule has 1 fully saturated rings. The fourth-order valence-corrected chi connectivity index (χ4v) is 2.86. The lowest BCUT2D eigenvalue weighted by Crippen LogP contribution is -2.51. The van der Waals surface area contributed by atoms with Gasteiger partial charge in [-0.15, -0.1) is 0 Å². The zero-order valence-corrected chi connectivity index (χ0v) is 13.3. The van der Waals surface area contributed by atoms with Crippen LogP contribution in [0, 0.1) is 0 Å². The van der Waals surface area contributed by atoms with Crippen LogP contribution in [-0.4, -0.2) is 54.3 Å². The van der Waals surface area contributed by atoms with E-state index in [1.807, 2.05) is 42.5 Å². The molecule has 0 bridgehead atoms. The highest BCUT2D eigenvalue weighted by Crippen LogP contribution is 2.18. The molecule has 1 saturated heterocycles. The van der Waals surface area contributed by atoms with E-state index in [1.165, 1.54) is 0 Å². The van der Waals surface area contributed by atoms with Crippen LogP contribution in [0.15, 0.2) is 42.5 Å². The number of anilines is 1. The van der Waals surface area contributed by atoms with Gasteiger partial charge in [0.15, 0.2) is 0 Å². The van der Waals surface area contributed by atoms with E-state index in [1.54, 1.807) is 4.90 Å². The van der Waals surface area contributed by atoms with Gasteiger partial charge in [-0.3, -0.25) is 9.59 Å². The first-order valence-corrected chi connectivity index (χ1v) is 7.99. The summed E-state index contributed by atoms with van der Waals surface area (Å²) in [7, 11) is 0. The fraction of sp³-hybridized carbons (Fsp3) is 0.333. The lowest BCUT2D eigenvalue weighted by Gasteiger charge is -2.33. The van der Waals surface area contributed by atoms with E-state index in [0.29, 0.717) is 18.8 Å². The minimum atomic E-state index is -0.565. The van der Waals surface area contributed by atoms with Gasteiger partial charge in [0.25, 0.3) is 0 Å².